The second-order valence-corrected chi connectivity index (χ2v) is 3.59. The first kappa shape index (κ1) is 11.1. The zero-order chi connectivity index (χ0) is 12.4. The molecule has 1 aromatic carbocycles. The SMILES string of the molecule is C=C(C)C(=O)Oc1cccc2oc(=O)ccc12. The summed E-state index contributed by atoms with van der Waals surface area (Å²) in [6.07, 6.45) is 0. The third-order valence-corrected chi connectivity index (χ3v) is 2.17. The molecule has 0 amide bonds. The summed E-state index contributed by atoms with van der Waals surface area (Å²) in [7, 11) is 0. The van der Waals surface area contributed by atoms with Crippen molar-refractivity contribution in [1.82, 2.24) is 0 Å². The molecular weight excluding hydrogens is 220 g/mol. The van der Waals surface area contributed by atoms with Gasteiger partial charge in [0.25, 0.3) is 0 Å². The van der Waals surface area contributed by atoms with Crippen LogP contribution in [-0.4, -0.2) is 5.97 Å². The van der Waals surface area contributed by atoms with E-state index in [0.717, 1.165) is 0 Å². The lowest BCUT2D eigenvalue weighted by Crippen LogP contribution is -2.08. The van der Waals surface area contributed by atoms with Crippen LogP contribution in [0.15, 0.2) is 51.7 Å². The monoisotopic (exact) mass is 230 g/mol. The van der Waals surface area contributed by atoms with E-state index in [1.165, 1.54) is 6.07 Å². The van der Waals surface area contributed by atoms with Gasteiger partial charge in [-0.05, 0) is 25.1 Å². The fourth-order valence-electron chi connectivity index (χ4n) is 1.35. The van der Waals surface area contributed by atoms with E-state index in [9.17, 15) is 9.59 Å². The molecule has 0 N–H and O–H groups in total. The number of benzene rings is 1. The Morgan fingerprint density at radius 2 is 2.06 bits per heavy atom. The Balaban J connectivity index is 2.51. The van der Waals surface area contributed by atoms with Gasteiger partial charge in [-0.2, -0.15) is 0 Å². The minimum Gasteiger partial charge on any atom is -0.423 e. The van der Waals surface area contributed by atoms with Crippen molar-refractivity contribution in [1.29, 1.82) is 0 Å². The molecule has 0 aliphatic rings. The molecule has 0 bridgehead atoms. The van der Waals surface area contributed by atoms with E-state index in [4.69, 9.17) is 9.15 Å². The lowest BCUT2D eigenvalue weighted by Gasteiger charge is -2.06. The van der Waals surface area contributed by atoms with Gasteiger partial charge in [-0.25, -0.2) is 9.59 Å². The molecule has 1 heterocycles. The number of rotatable bonds is 2. The van der Waals surface area contributed by atoms with Gasteiger partial charge in [0.2, 0.25) is 0 Å². The Labute approximate surface area is 97.1 Å². The lowest BCUT2D eigenvalue weighted by atomic mass is 10.2. The Kier molecular flexibility index (Phi) is 2.78. The van der Waals surface area contributed by atoms with E-state index in [-0.39, 0.29) is 0 Å². The van der Waals surface area contributed by atoms with Gasteiger partial charge in [0, 0.05) is 11.6 Å². The van der Waals surface area contributed by atoms with E-state index >= 15 is 0 Å². The standard InChI is InChI=1S/C13H10O4/c1-8(2)13(15)17-11-5-3-4-10-9(11)6-7-12(14)16-10/h3-7H,1H2,2H3. The molecule has 2 rings (SSSR count). The second-order valence-electron chi connectivity index (χ2n) is 3.59. The molecule has 0 atom stereocenters. The highest BCUT2D eigenvalue weighted by molar-refractivity contribution is 5.92. The number of ether oxygens (including phenoxy) is 1. The second kappa shape index (κ2) is 4.25. The normalized spacial score (nSPS) is 10.2. The molecule has 4 heteroatoms. The van der Waals surface area contributed by atoms with Crippen LogP contribution in [0.5, 0.6) is 5.75 Å². The largest absolute Gasteiger partial charge is 0.423 e. The van der Waals surface area contributed by atoms with Crippen LogP contribution in [0.3, 0.4) is 0 Å². The van der Waals surface area contributed by atoms with Gasteiger partial charge < -0.3 is 9.15 Å². The summed E-state index contributed by atoms with van der Waals surface area (Å²) < 4.78 is 10.1. The molecule has 4 nitrogen and oxygen atoms in total. The average Bonchev–Trinajstić information content (AvgIpc) is 2.28. The molecule has 0 radical (unpaired) electrons. The van der Waals surface area contributed by atoms with Crippen molar-refractivity contribution >= 4 is 16.9 Å². The highest BCUT2D eigenvalue weighted by atomic mass is 16.5. The third-order valence-electron chi connectivity index (χ3n) is 2.17. The summed E-state index contributed by atoms with van der Waals surface area (Å²) in [6.45, 7) is 5.06. The van der Waals surface area contributed by atoms with Crippen molar-refractivity contribution in [2.45, 2.75) is 6.92 Å². The Morgan fingerprint density at radius 3 is 2.76 bits per heavy atom. The molecule has 0 spiro atoms. The van der Waals surface area contributed by atoms with Gasteiger partial charge in [0.1, 0.15) is 11.3 Å². The molecular formula is C13H10O4. The first-order valence-electron chi connectivity index (χ1n) is 4.98. The van der Waals surface area contributed by atoms with Gasteiger partial charge in [0.15, 0.2) is 0 Å². The van der Waals surface area contributed by atoms with E-state index in [2.05, 4.69) is 6.58 Å². The lowest BCUT2D eigenvalue weighted by molar-refractivity contribution is -0.129. The van der Waals surface area contributed by atoms with E-state index in [0.29, 0.717) is 22.3 Å². The first-order chi connectivity index (χ1) is 8.08. The Hall–Kier alpha value is -2.36. The number of esters is 1. The van der Waals surface area contributed by atoms with E-state index in [1.807, 2.05) is 0 Å². The molecule has 0 fully saturated rings. The number of hydrogen-bond acceptors (Lipinski definition) is 4. The zero-order valence-electron chi connectivity index (χ0n) is 9.23. The predicted octanol–water partition coefficient (Wildman–Crippen LogP) is 2.27. The van der Waals surface area contributed by atoms with Crippen LogP contribution in [0.1, 0.15) is 6.92 Å². The molecule has 0 unspecified atom stereocenters. The molecule has 1 aromatic heterocycles. The number of fused-ring (bicyclic) bond motifs is 1. The van der Waals surface area contributed by atoms with Gasteiger partial charge in [-0.3, -0.25) is 0 Å². The topological polar surface area (TPSA) is 56.5 Å². The quantitative estimate of drug-likeness (QED) is 0.343. The van der Waals surface area contributed by atoms with Crippen LogP contribution in [0.4, 0.5) is 0 Å². The zero-order valence-corrected chi connectivity index (χ0v) is 9.23. The van der Waals surface area contributed by atoms with Crippen molar-refractivity contribution in [3.63, 3.8) is 0 Å². The summed E-state index contributed by atoms with van der Waals surface area (Å²) in [5, 5.41) is 0.571. The van der Waals surface area contributed by atoms with Crippen LogP contribution < -0.4 is 10.4 Å². The molecule has 0 saturated carbocycles. The fraction of sp³-hybridized carbons (Fsp3) is 0.0769. The maximum Gasteiger partial charge on any atom is 0.338 e. The number of hydrogen-bond donors (Lipinski definition) is 0. The van der Waals surface area contributed by atoms with E-state index < -0.39 is 11.6 Å². The van der Waals surface area contributed by atoms with Crippen LogP contribution in [0, 0.1) is 0 Å². The number of carbonyl (C=O) groups is 1. The minimum atomic E-state index is -0.510. The summed E-state index contributed by atoms with van der Waals surface area (Å²) in [6, 6.07) is 7.74. The van der Waals surface area contributed by atoms with Gasteiger partial charge in [-0.15, -0.1) is 0 Å². The Morgan fingerprint density at radius 1 is 1.29 bits per heavy atom. The van der Waals surface area contributed by atoms with Crippen LogP contribution in [0.25, 0.3) is 11.0 Å². The van der Waals surface area contributed by atoms with E-state index in [1.54, 1.807) is 31.2 Å². The highest BCUT2D eigenvalue weighted by Gasteiger charge is 2.09. The Bertz CT molecular complexity index is 652. The molecule has 0 saturated heterocycles. The smallest absolute Gasteiger partial charge is 0.338 e. The van der Waals surface area contributed by atoms with Gasteiger partial charge in [0.05, 0.1) is 5.39 Å². The van der Waals surface area contributed by atoms with Gasteiger partial charge >= 0.3 is 11.6 Å². The summed E-state index contributed by atoms with van der Waals surface area (Å²) in [5.74, 6) is -0.164. The van der Waals surface area contributed by atoms with Crippen molar-refractivity contribution in [2.75, 3.05) is 0 Å². The van der Waals surface area contributed by atoms with Gasteiger partial charge in [-0.1, -0.05) is 12.6 Å². The maximum atomic E-state index is 11.4. The van der Waals surface area contributed by atoms with Crippen molar-refractivity contribution in [3.8, 4) is 5.75 Å². The summed E-state index contributed by atoms with van der Waals surface area (Å²) in [4.78, 5) is 22.4. The minimum absolute atomic E-state index is 0.305. The van der Waals surface area contributed by atoms with Crippen molar-refractivity contribution in [3.05, 3.63) is 52.9 Å². The highest BCUT2D eigenvalue weighted by Crippen LogP contribution is 2.24. The average molecular weight is 230 g/mol. The van der Waals surface area contributed by atoms with Crippen LogP contribution >= 0.6 is 0 Å². The molecule has 0 aliphatic heterocycles. The molecule has 17 heavy (non-hydrogen) atoms. The third kappa shape index (κ3) is 2.25. The molecule has 86 valence electrons. The fourth-order valence-corrected chi connectivity index (χ4v) is 1.35. The van der Waals surface area contributed by atoms with Crippen molar-refractivity contribution < 1.29 is 13.9 Å². The predicted molar refractivity (Wildman–Crippen MR) is 62.9 cm³/mol. The number of carbonyl (C=O) groups excluding carboxylic acids is 1. The maximum absolute atomic E-state index is 11.4. The van der Waals surface area contributed by atoms with Crippen LogP contribution in [-0.2, 0) is 4.79 Å². The summed E-state index contributed by atoms with van der Waals surface area (Å²) in [5.41, 5.74) is 0.241. The van der Waals surface area contributed by atoms with Crippen molar-refractivity contribution in [2.24, 2.45) is 0 Å². The molecule has 0 aliphatic carbocycles. The first-order valence-corrected chi connectivity index (χ1v) is 4.98. The summed E-state index contributed by atoms with van der Waals surface area (Å²) >= 11 is 0. The molecule has 2 aromatic rings. The van der Waals surface area contributed by atoms with Crippen LogP contribution in [0.2, 0.25) is 0 Å².